The van der Waals surface area contributed by atoms with Crippen molar-refractivity contribution in [3.05, 3.63) is 34.2 Å². The molecule has 0 saturated carbocycles. The van der Waals surface area contributed by atoms with E-state index in [1.54, 1.807) is 0 Å². The normalized spacial score (nSPS) is 25.8. The lowest BCUT2D eigenvalue weighted by Crippen LogP contribution is -2.43. The first-order valence-electron chi connectivity index (χ1n) is 7.43. The lowest BCUT2D eigenvalue weighted by molar-refractivity contribution is 0.157. The Kier molecular flexibility index (Phi) is 4.77. The fourth-order valence-electron chi connectivity index (χ4n) is 3.64. The maximum Gasteiger partial charge on any atom is 0.0637 e. The van der Waals surface area contributed by atoms with Gasteiger partial charge in [0.25, 0.3) is 0 Å². The molecule has 0 spiro atoms. The summed E-state index contributed by atoms with van der Waals surface area (Å²) in [4.78, 5) is 3.92. The van der Waals surface area contributed by atoms with Crippen molar-refractivity contribution in [1.29, 1.82) is 0 Å². The average Bonchev–Trinajstić information content (AvgIpc) is 3.05. The molecular formula is C16H20Cl2N2S. The Morgan fingerprint density at radius 3 is 3.00 bits per heavy atom. The Morgan fingerprint density at radius 1 is 1.29 bits per heavy atom. The molecule has 2 fully saturated rings. The lowest BCUT2D eigenvalue weighted by Gasteiger charge is -2.34. The summed E-state index contributed by atoms with van der Waals surface area (Å²) < 4.78 is 1.31. The maximum atomic E-state index is 6.56. The highest BCUT2D eigenvalue weighted by molar-refractivity contribution is 7.19. The third-order valence-corrected chi connectivity index (χ3v) is 6.41. The van der Waals surface area contributed by atoms with Crippen LogP contribution in [-0.4, -0.2) is 30.6 Å². The third kappa shape index (κ3) is 2.95. The Labute approximate surface area is 140 Å². The predicted molar refractivity (Wildman–Crippen MR) is 93.9 cm³/mol. The van der Waals surface area contributed by atoms with Gasteiger partial charge in [-0.05, 0) is 31.4 Å². The van der Waals surface area contributed by atoms with Gasteiger partial charge in [0.05, 0.1) is 5.02 Å². The number of fused-ring (bicyclic) bond motifs is 2. The average molecular weight is 343 g/mol. The van der Waals surface area contributed by atoms with E-state index in [1.807, 2.05) is 11.3 Å². The minimum absolute atomic E-state index is 0. The Morgan fingerprint density at radius 2 is 2.14 bits per heavy atom. The summed E-state index contributed by atoms with van der Waals surface area (Å²) in [5.74, 6) is 0.844. The van der Waals surface area contributed by atoms with Gasteiger partial charge in [-0.3, -0.25) is 4.90 Å². The number of thiophene rings is 1. The van der Waals surface area contributed by atoms with E-state index < -0.39 is 0 Å². The molecule has 1 N–H and O–H groups in total. The summed E-state index contributed by atoms with van der Waals surface area (Å²) in [7, 11) is 0. The van der Waals surface area contributed by atoms with E-state index >= 15 is 0 Å². The van der Waals surface area contributed by atoms with E-state index in [4.69, 9.17) is 11.6 Å². The molecule has 2 aromatic rings. The minimum atomic E-state index is 0. The SMILES string of the molecule is Cl.Clc1c(CN2CCC3NCCC3C2)sc2ccccc12. The molecule has 3 heterocycles. The van der Waals surface area contributed by atoms with Crippen LogP contribution >= 0.6 is 35.3 Å². The molecule has 0 aliphatic carbocycles. The van der Waals surface area contributed by atoms with Crippen molar-refractivity contribution in [3.63, 3.8) is 0 Å². The predicted octanol–water partition coefficient (Wildman–Crippen LogP) is 4.16. The van der Waals surface area contributed by atoms with E-state index in [0.29, 0.717) is 0 Å². The number of nitrogens with one attached hydrogen (secondary N) is 1. The molecule has 2 aliphatic heterocycles. The lowest BCUT2D eigenvalue weighted by atomic mass is 9.93. The van der Waals surface area contributed by atoms with E-state index in [0.717, 1.165) is 23.5 Å². The molecule has 114 valence electrons. The van der Waals surface area contributed by atoms with Crippen molar-refractivity contribution >= 4 is 45.4 Å². The highest BCUT2D eigenvalue weighted by Crippen LogP contribution is 2.36. The monoisotopic (exact) mass is 342 g/mol. The molecule has 2 nitrogen and oxygen atoms in total. The van der Waals surface area contributed by atoms with Crippen LogP contribution in [0.15, 0.2) is 24.3 Å². The van der Waals surface area contributed by atoms with Gasteiger partial charge < -0.3 is 5.32 Å². The molecule has 0 bridgehead atoms. The molecule has 2 unspecified atom stereocenters. The first-order valence-corrected chi connectivity index (χ1v) is 8.62. The summed E-state index contributed by atoms with van der Waals surface area (Å²) in [6.07, 6.45) is 2.62. The molecule has 1 aromatic heterocycles. The number of piperidine rings is 1. The summed E-state index contributed by atoms with van der Waals surface area (Å²) in [6, 6.07) is 9.23. The summed E-state index contributed by atoms with van der Waals surface area (Å²) in [5.41, 5.74) is 0. The molecule has 2 saturated heterocycles. The van der Waals surface area contributed by atoms with E-state index in [-0.39, 0.29) is 12.4 Å². The molecule has 21 heavy (non-hydrogen) atoms. The number of rotatable bonds is 2. The van der Waals surface area contributed by atoms with Crippen LogP contribution in [-0.2, 0) is 6.54 Å². The van der Waals surface area contributed by atoms with E-state index in [2.05, 4.69) is 34.5 Å². The quantitative estimate of drug-likeness (QED) is 0.881. The van der Waals surface area contributed by atoms with Crippen molar-refractivity contribution in [3.8, 4) is 0 Å². The second-order valence-electron chi connectivity index (χ2n) is 5.97. The maximum absolute atomic E-state index is 6.56. The van der Waals surface area contributed by atoms with Crippen LogP contribution in [0.1, 0.15) is 17.7 Å². The van der Waals surface area contributed by atoms with Gasteiger partial charge in [0.15, 0.2) is 0 Å². The Balaban J connectivity index is 0.00000132. The zero-order valence-electron chi connectivity index (χ0n) is 11.8. The molecule has 5 heteroatoms. The van der Waals surface area contributed by atoms with Gasteiger partial charge in [0.1, 0.15) is 0 Å². The van der Waals surface area contributed by atoms with Crippen molar-refractivity contribution in [2.24, 2.45) is 5.92 Å². The molecule has 2 aliphatic rings. The third-order valence-electron chi connectivity index (χ3n) is 4.71. The van der Waals surface area contributed by atoms with E-state index in [9.17, 15) is 0 Å². The second-order valence-corrected chi connectivity index (χ2v) is 7.48. The highest BCUT2D eigenvalue weighted by Gasteiger charge is 2.32. The van der Waals surface area contributed by atoms with Crippen molar-refractivity contribution in [2.75, 3.05) is 19.6 Å². The second kappa shape index (κ2) is 6.43. The van der Waals surface area contributed by atoms with Crippen molar-refractivity contribution < 1.29 is 0 Å². The van der Waals surface area contributed by atoms with Crippen LogP contribution in [0.4, 0.5) is 0 Å². The standard InChI is InChI=1S/C16H19ClN2S.ClH/c17-16-12-3-1-2-4-14(12)20-15(16)10-19-8-6-13-11(9-19)5-7-18-13;/h1-4,11,13,18H,5-10H2;1H. The number of hydrogen-bond acceptors (Lipinski definition) is 3. The van der Waals surface area contributed by atoms with Gasteiger partial charge in [0, 0.05) is 40.6 Å². The fraction of sp³-hybridized carbons (Fsp3) is 0.500. The first kappa shape index (κ1) is 15.6. The van der Waals surface area contributed by atoms with Gasteiger partial charge in [-0.2, -0.15) is 0 Å². The van der Waals surface area contributed by atoms with Crippen LogP contribution in [0.3, 0.4) is 0 Å². The highest BCUT2D eigenvalue weighted by atomic mass is 35.5. The Bertz CT molecular complexity index is 628. The van der Waals surface area contributed by atoms with Gasteiger partial charge in [-0.1, -0.05) is 29.8 Å². The molecule has 1 aromatic carbocycles. The number of benzene rings is 1. The van der Waals surface area contributed by atoms with Crippen molar-refractivity contribution in [2.45, 2.75) is 25.4 Å². The molecule has 4 rings (SSSR count). The van der Waals surface area contributed by atoms with Gasteiger partial charge >= 0.3 is 0 Å². The van der Waals surface area contributed by atoms with Gasteiger partial charge in [0.2, 0.25) is 0 Å². The smallest absolute Gasteiger partial charge is 0.0637 e. The number of likely N-dealkylation sites (tertiary alicyclic amines) is 1. The van der Waals surface area contributed by atoms with Crippen molar-refractivity contribution in [1.82, 2.24) is 10.2 Å². The molecule has 0 radical (unpaired) electrons. The summed E-state index contributed by atoms with van der Waals surface area (Å²) in [5, 5.41) is 5.81. The summed E-state index contributed by atoms with van der Waals surface area (Å²) in [6.45, 7) is 4.63. The fourth-order valence-corrected chi connectivity index (χ4v) is 5.17. The largest absolute Gasteiger partial charge is 0.314 e. The van der Waals surface area contributed by atoms with Gasteiger partial charge in [-0.15, -0.1) is 23.7 Å². The van der Waals surface area contributed by atoms with Crippen LogP contribution < -0.4 is 5.32 Å². The van der Waals surface area contributed by atoms with Gasteiger partial charge in [-0.25, -0.2) is 0 Å². The summed E-state index contributed by atoms with van der Waals surface area (Å²) >= 11 is 8.41. The zero-order chi connectivity index (χ0) is 13.5. The molecule has 0 amide bonds. The molecular weight excluding hydrogens is 323 g/mol. The van der Waals surface area contributed by atoms with Crippen LogP contribution in [0.5, 0.6) is 0 Å². The topological polar surface area (TPSA) is 15.3 Å². The molecule has 2 atom stereocenters. The number of hydrogen-bond donors (Lipinski definition) is 1. The van der Waals surface area contributed by atoms with Crippen LogP contribution in [0.2, 0.25) is 5.02 Å². The van der Waals surface area contributed by atoms with Crippen LogP contribution in [0.25, 0.3) is 10.1 Å². The minimum Gasteiger partial charge on any atom is -0.314 e. The van der Waals surface area contributed by atoms with E-state index in [1.165, 1.54) is 47.4 Å². The number of nitrogens with zero attached hydrogens (tertiary/aromatic N) is 1. The number of halogens is 2. The Hall–Kier alpha value is -0.320. The first-order chi connectivity index (χ1) is 9.81. The zero-order valence-corrected chi connectivity index (χ0v) is 14.2. The van der Waals surface area contributed by atoms with Crippen LogP contribution in [0, 0.1) is 5.92 Å².